The first-order valence-corrected chi connectivity index (χ1v) is 12.1. The number of aromatic nitrogens is 1. The van der Waals surface area contributed by atoms with Crippen LogP contribution in [0.25, 0.3) is 10.2 Å². The summed E-state index contributed by atoms with van der Waals surface area (Å²) in [6.07, 6.45) is 5.06. The van der Waals surface area contributed by atoms with Gasteiger partial charge in [-0.15, -0.1) is 11.3 Å². The molecule has 0 radical (unpaired) electrons. The van der Waals surface area contributed by atoms with E-state index < -0.39 is 5.54 Å². The number of amides is 2. The van der Waals surface area contributed by atoms with Crippen molar-refractivity contribution >= 4 is 33.4 Å². The van der Waals surface area contributed by atoms with Crippen molar-refractivity contribution in [1.29, 1.82) is 0 Å². The van der Waals surface area contributed by atoms with Crippen LogP contribution in [0.2, 0.25) is 0 Å². The van der Waals surface area contributed by atoms with Gasteiger partial charge in [0.2, 0.25) is 5.91 Å². The Balaban J connectivity index is 1.60. The van der Waals surface area contributed by atoms with Crippen molar-refractivity contribution in [2.24, 2.45) is 5.92 Å². The number of carbonyl (C=O) groups excluding carboxylic acids is 2. The molecule has 0 bridgehead atoms. The Morgan fingerprint density at radius 1 is 1.33 bits per heavy atom. The van der Waals surface area contributed by atoms with Crippen molar-refractivity contribution in [3.63, 3.8) is 0 Å². The molecule has 2 aromatic heterocycles. The molecule has 1 N–H and O–H groups in total. The number of carbonyl (C=O) groups is 2. The molecular formula is C23H33N3O3S. The second kappa shape index (κ2) is 8.71. The third-order valence-electron chi connectivity index (χ3n) is 6.76. The van der Waals surface area contributed by atoms with Crippen LogP contribution in [0.5, 0.6) is 0 Å². The standard InChI is InChI=1S/C23H33N3O3S/c1-4-29-12-5-11-26-21(27)19-14-20-18(10-13-30-20)25(19)15-23(26,3)22(28)24-17-8-6-16(2)7-9-17/h10,13-14,16-17H,4-9,11-12,15H2,1-3H3,(H,24,28)/t16?,17?,23-/m1/s1. The van der Waals surface area contributed by atoms with E-state index in [0.29, 0.717) is 32.0 Å². The van der Waals surface area contributed by atoms with Crippen LogP contribution in [0, 0.1) is 5.92 Å². The smallest absolute Gasteiger partial charge is 0.271 e. The van der Waals surface area contributed by atoms with Gasteiger partial charge < -0.3 is 19.5 Å². The largest absolute Gasteiger partial charge is 0.382 e. The van der Waals surface area contributed by atoms with Gasteiger partial charge in [-0.3, -0.25) is 9.59 Å². The fraction of sp³-hybridized carbons (Fsp3) is 0.652. The van der Waals surface area contributed by atoms with Crippen LogP contribution in [-0.4, -0.2) is 52.6 Å². The highest BCUT2D eigenvalue weighted by molar-refractivity contribution is 7.17. The zero-order chi connectivity index (χ0) is 21.3. The van der Waals surface area contributed by atoms with Crippen LogP contribution >= 0.6 is 11.3 Å². The maximum atomic E-state index is 13.6. The number of ether oxygens (including phenoxy) is 1. The van der Waals surface area contributed by atoms with Crippen LogP contribution < -0.4 is 5.32 Å². The number of hydrogen-bond donors (Lipinski definition) is 1. The molecule has 2 aromatic rings. The van der Waals surface area contributed by atoms with Gasteiger partial charge in [0, 0.05) is 25.8 Å². The highest BCUT2D eigenvalue weighted by Gasteiger charge is 2.48. The maximum Gasteiger partial charge on any atom is 0.271 e. The van der Waals surface area contributed by atoms with Gasteiger partial charge in [-0.05, 0) is 69.4 Å². The van der Waals surface area contributed by atoms with Crippen molar-refractivity contribution in [3.05, 3.63) is 23.2 Å². The van der Waals surface area contributed by atoms with Crippen molar-refractivity contribution in [3.8, 4) is 0 Å². The molecule has 1 atom stereocenters. The molecule has 0 spiro atoms. The van der Waals surface area contributed by atoms with Crippen molar-refractivity contribution < 1.29 is 14.3 Å². The van der Waals surface area contributed by atoms with Crippen molar-refractivity contribution in [2.45, 2.75) is 71.0 Å². The minimum atomic E-state index is -0.909. The van der Waals surface area contributed by atoms with E-state index >= 15 is 0 Å². The van der Waals surface area contributed by atoms with E-state index in [4.69, 9.17) is 4.74 Å². The lowest BCUT2D eigenvalue weighted by molar-refractivity contribution is -0.134. The van der Waals surface area contributed by atoms with Crippen molar-refractivity contribution in [1.82, 2.24) is 14.8 Å². The Labute approximate surface area is 182 Å². The van der Waals surface area contributed by atoms with Crippen LogP contribution in [0.15, 0.2) is 17.5 Å². The Morgan fingerprint density at radius 3 is 2.83 bits per heavy atom. The molecule has 7 heteroatoms. The Morgan fingerprint density at radius 2 is 2.10 bits per heavy atom. The predicted molar refractivity (Wildman–Crippen MR) is 120 cm³/mol. The van der Waals surface area contributed by atoms with Gasteiger partial charge in [-0.2, -0.15) is 0 Å². The Kier molecular flexibility index (Phi) is 6.21. The molecular weight excluding hydrogens is 398 g/mol. The number of nitrogens with zero attached hydrogens (tertiary/aromatic N) is 2. The number of nitrogens with one attached hydrogen (secondary N) is 1. The fourth-order valence-corrected chi connectivity index (χ4v) is 5.66. The fourth-order valence-electron chi connectivity index (χ4n) is 4.84. The molecule has 1 aliphatic carbocycles. The van der Waals surface area contributed by atoms with E-state index in [9.17, 15) is 9.59 Å². The lowest BCUT2D eigenvalue weighted by atomic mass is 9.86. The Bertz CT molecular complexity index is 912. The van der Waals surface area contributed by atoms with Crippen LogP contribution in [0.3, 0.4) is 0 Å². The maximum absolute atomic E-state index is 13.6. The highest BCUT2D eigenvalue weighted by atomic mass is 32.1. The van der Waals surface area contributed by atoms with Crippen LogP contribution in [0.4, 0.5) is 0 Å². The molecule has 4 rings (SSSR count). The van der Waals surface area contributed by atoms with E-state index in [2.05, 4.69) is 12.2 Å². The lowest BCUT2D eigenvalue weighted by Gasteiger charge is -2.45. The van der Waals surface area contributed by atoms with Gasteiger partial charge >= 0.3 is 0 Å². The summed E-state index contributed by atoms with van der Waals surface area (Å²) in [5.74, 6) is 0.639. The number of fused-ring (bicyclic) bond motifs is 3. The first-order valence-electron chi connectivity index (χ1n) is 11.2. The summed E-state index contributed by atoms with van der Waals surface area (Å²) in [4.78, 5) is 28.8. The third-order valence-corrected chi connectivity index (χ3v) is 7.62. The van der Waals surface area contributed by atoms with E-state index in [-0.39, 0.29) is 17.9 Å². The third kappa shape index (κ3) is 3.89. The minimum Gasteiger partial charge on any atom is -0.382 e. The molecule has 0 saturated heterocycles. The quantitative estimate of drug-likeness (QED) is 0.673. The summed E-state index contributed by atoms with van der Waals surface area (Å²) in [7, 11) is 0. The van der Waals surface area contributed by atoms with Gasteiger partial charge in [0.25, 0.3) is 5.91 Å². The van der Waals surface area contributed by atoms with E-state index in [0.717, 1.165) is 48.2 Å². The monoisotopic (exact) mass is 431 g/mol. The topological polar surface area (TPSA) is 63.6 Å². The molecule has 6 nitrogen and oxygen atoms in total. The molecule has 30 heavy (non-hydrogen) atoms. The summed E-state index contributed by atoms with van der Waals surface area (Å²) in [6.45, 7) is 8.42. The molecule has 0 aromatic carbocycles. The summed E-state index contributed by atoms with van der Waals surface area (Å²) < 4.78 is 8.62. The van der Waals surface area contributed by atoms with Gasteiger partial charge in [0.05, 0.1) is 16.8 Å². The number of rotatable bonds is 7. The first kappa shape index (κ1) is 21.4. The lowest BCUT2D eigenvalue weighted by Crippen LogP contribution is -2.65. The minimum absolute atomic E-state index is 0.0328. The van der Waals surface area contributed by atoms with Crippen molar-refractivity contribution in [2.75, 3.05) is 19.8 Å². The number of hydrogen-bond acceptors (Lipinski definition) is 4. The molecule has 1 aliphatic heterocycles. The molecule has 0 unspecified atom stereocenters. The van der Waals surface area contributed by atoms with Gasteiger partial charge in [0.1, 0.15) is 11.2 Å². The van der Waals surface area contributed by atoms with E-state index in [1.165, 1.54) is 0 Å². The zero-order valence-electron chi connectivity index (χ0n) is 18.3. The highest BCUT2D eigenvalue weighted by Crippen LogP contribution is 2.35. The average Bonchev–Trinajstić information content (AvgIpc) is 3.31. The second-order valence-electron chi connectivity index (χ2n) is 9.00. The SMILES string of the molecule is CCOCCCN1C(=O)c2cc3sccc3n2C[C@]1(C)C(=O)NC1CCC(C)CC1. The molecule has 2 aliphatic rings. The van der Waals surface area contributed by atoms with E-state index in [1.807, 2.05) is 35.9 Å². The predicted octanol–water partition coefficient (Wildman–Crippen LogP) is 4.04. The normalized spacial score (nSPS) is 26.8. The molecule has 164 valence electrons. The molecule has 3 heterocycles. The number of thiophene rings is 1. The van der Waals surface area contributed by atoms with Gasteiger partial charge in [0.15, 0.2) is 0 Å². The van der Waals surface area contributed by atoms with E-state index in [1.54, 1.807) is 16.2 Å². The Hall–Kier alpha value is -1.86. The van der Waals surface area contributed by atoms with Gasteiger partial charge in [-0.1, -0.05) is 6.92 Å². The summed E-state index contributed by atoms with van der Waals surface area (Å²) in [6, 6.07) is 4.22. The van der Waals surface area contributed by atoms with Gasteiger partial charge in [-0.25, -0.2) is 0 Å². The second-order valence-corrected chi connectivity index (χ2v) is 9.94. The van der Waals surface area contributed by atoms with Crippen LogP contribution in [0.1, 0.15) is 63.4 Å². The first-order chi connectivity index (χ1) is 14.4. The summed E-state index contributed by atoms with van der Waals surface area (Å²) in [5.41, 5.74) is 0.820. The molecule has 2 amide bonds. The summed E-state index contributed by atoms with van der Waals surface area (Å²) in [5, 5.41) is 5.33. The average molecular weight is 432 g/mol. The summed E-state index contributed by atoms with van der Waals surface area (Å²) >= 11 is 1.63. The molecule has 1 saturated carbocycles. The molecule has 1 fully saturated rings. The zero-order valence-corrected chi connectivity index (χ0v) is 19.1. The van der Waals surface area contributed by atoms with Crippen LogP contribution in [-0.2, 0) is 16.1 Å².